The zero-order valence-electron chi connectivity index (χ0n) is 9.36. The van der Waals surface area contributed by atoms with Crippen molar-refractivity contribution < 1.29 is 0 Å². The average Bonchev–Trinajstić information content (AvgIpc) is 2.26. The molecule has 0 spiro atoms. The molecule has 0 bridgehead atoms. The summed E-state index contributed by atoms with van der Waals surface area (Å²) >= 11 is 0. The lowest BCUT2D eigenvalue weighted by Gasteiger charge is -2.00. The minimum Gasteiger partial charge on any atom is -0.0961 e. The van der Waals surface area contributed by atoms with Crippen LogP contribution in [0.5, 0.6) is 0 Å². The van der Waals surface area contributed by atoms with E-state index >= 15 is 0 Å². The molecule has 1 rings (SSSR count). The van der Waals surface area contributed by atoms with Gasteiger partial charge >= 0.3 is 0 Å². The molecule has 0 heterocycles. The van der Waals surface area contributed by atoms with Gasteiger partial charge < -0.3 is 0 Å². The molecule has 1 aromatic rings. The van der Waals surface area contributed by atoms with Crippen molar-refractivity contribution in [1.29, 1.82) is 0 Å². The highest BCUT2D eigenvalue weighted by Crippen LogP contribution is 2.18. The van der Waals surface area contributed by atoms with Crippen molar-refractivity contribution in [3.05, 3.63) is 66.1 Å². The maximum Gasteiger partial charge on any atom is 0.160 e. The van der Waals surface area contributed by atoms with Gasteiger partial charge in [-0.2, -0.15) is 0 Å². The van der Waals surface area contributed by atoms with E-state index in [9.17, 15) is 0 Å². The molecule has 0 aromatic heterocycles. The summed E-state index contributed by atoms with van der Waals surface area (Å²) in [7, 11) is 0.0831. The maximum atomic E-state index is 4.09. The minimum atomic E-state index is 0.0831. The average molecular weight is 217 g/mol. The molecular weight excluding hydrogens is 200 g/mol. The summed E-state index contributed by atoms with van der Waals surface area (Å²) in [6.45, 7) is 9.91. The highest BCUT2D eigenvalue weighted by atomic mass is 32.2. The van der Waals surface area contributed by atoms with Crippen molar-refractivity contribution in [1.82, 2.24) is 0 Å². The second kappa shape index (κ2) is 5.62. The second-order valence-electron chi connectivity index (χ2n) is 3.47. The predicted octanol–water partition coefficient (Wildman–Crippen LogP) is 3.94. The third-order valence-corrected chi connectivity index (χ3v) is 3.95. The van der Waals surface area contributed by atoms with E-state index in [1.807, 2.05) is 19.1 Å². The molecule has 0 N–H and O–H groups in total. The van der Waals surface area contributed by atoms with Gasteiger partial charge in [-0.15, -0.1) is 0 Å². The molecule has 0 saturated carbocycles. The Morgan fingerprint density at radius 3 is 2.27 bits per heavy atom. The Morgan fingerprint density at radius 1 is 1.13 bits per heavy atom. The Hall–Kier alpha value is -1.21. The zero-order chi connectivity index (χ0) is 11.3. The number of benzene rings is 1. The summed E-state index contributed by atoms with van der Waals surface area (Å²) < 4.78 is 0. The van der Waals surface area contributed by atoms with E-state index < -0.39 is 0 Å². The Morgan fingerprint density at radius 2 is 1.73 bits per heavy atom. The van der Waals surface area contributed by atoms with Gasteiger partial charge in [0.05, 0.1) is 10.9 Å². The highest BCUT2D eigenvalue weighted by Gasteiger charge is 2.17. The SMILES string of the molecule is C=C(C)/C=C\C(=C)[S+](C)c1ccccc1. The molecule has 1 unspecified atom stereocenters. The summed E-state index contributed by atoms with van der Waals surface area (Å²) in [6.07, 6.45) is 6.26. The van der Waals surface area contributed by atoms with Crippen LogP contribution in [0.4, 0.5) is 0 Å². The fourth-order valence-electron chi connectivity index (χ4n) is 1.11. The number of hydrogen-bond acceptors (Lipinski definition) is 0. The van der Waals surface area contributed by atoms with Crippen LogP contribution in [0.3, 0.4) is 0 Å². The van der Waals surface area contributed by atoms with Gasteiger partial charge in [0.2, 0.25) is 0 Å². The van der Waals surface area contributed by atoms with Crippen molar-refractivity contribution in [3.8, 4) is 0 Å². The van der Waals surface area contributed by atoms with E-state index in [0.717, 1.165) is 10.5 Å². The molecule has 1 heteroatoms. The largest absolute Gasteiger partial charge is 0.160 e. The molecule has 0 amide bonds. The maximum absolute atomic E-state index is 4.09. The molecular formula is C14H17S+. The Kier molecular flexibility index (Phi) is 4.44. The van der Waals surface area contributed by atoms with Gasteiger partial charge in [0.1, 0.15) is 6.26 Å². The van der Waals surface area contributed by atoms with Crippen molar-refractivity contribution in [2.75, 3.05) is 6.26 Å². The quantitative estimate of drug-likeness (QED) is 0.529. The van der Waals surface area contributed by atoms with Crippen LogP contribution in [0.1, 0.15) is 6.92 Å². The third-order valence-electron chi connectivity index (χ3n) is 2.04. The van der Waals surface area contributed by atoms with Crippen molar-refractivity contribution in [3.63, 3.8) is 0 Å². The Balaban J connectivity index is 2.74. The lowest BCUT2D eigenvalue weighted by atomic mass is 10.3. The summed E-state index contributed by atoms with van der Waals surface area (Å²) in [5.41, 5.74) is 1.06. The first kappa shape index (κ1) is 11.9. The summed E-state index contributed by atoms with van der Waals surface area (Å²) in [4.78, 5) is 2.47. The summed E-state index contributed by atoms with van der Waals surface area (Å²) in [5.74, 6) is 0. The first-order valence-corrected chi connectivity index (χ1v) is 6.48. The van der Waals surface area contributed by atoms with E-state index in [0.29, 0.717) is 0 Å². The van der Waals surface area contributed by atoms with Crippen LogP contribution in [0.25, 0.3) is 0 Å². The van der Waals surface area contributed by atoms with E-state index in [-0.39, 0.29) is 10.9 Å². The van der Waals surface area contributed by atoms with Gasteiger partial charge in [-0.1, -0.05) is 36.4 Å². The van der Waals surface area contributed by atoms with Crippen LogP contribution in [0.2, 0.25) is 0 Å². The zero-order valence-corrected chi connectivity index (χ0v) is 10.2. The van der Waals surface area contributed by atoms with Crippen LogP contribution < -0.4 is 0 Å². The molecule has 1 atom stereocenters. The van der Waals surface area contributed by atoms with Crippen molar-refractivity contribution in [2.45, 2.75) is 11.8 Å². The molecule has 0 aliphatic heterocycles. The molecule has 0 fully saturated rings. The van der Waals surface area contributed by atoms with Crippen LogP contribution in [-0.2, 0) is 10.9 Å². The second-order valence-corrected chi connectivity index (χ2v) is 5.49. The Labute approximate surface area is 95.4 Å². The Bertz CT molecular complexity index is 374. The molecule has 0 aliphatic rings. The molecule has 0 aliphatic carbocycles. The molecule has 78 valence electrons. The van der Waals surface area contributed by atoms with Gasteiger partial charge in [-0.05, 0) is 31.7 Å². The fraction of sp³-hybridized carbons (Fsp3) is 0.143. The van der Waals surface area contributed by atoms with Gasteiger partial charge in [0, 0.05) is 0 Å². The topological polar surface area (TPSA) is 0 Å². The number of rotatable bonds is 4. The van der Waals surface area contributed by atoms with Crippen LogP contribution >= 0.6 is 0 Å². The molecule has 15 heavy (non-hydrogen) atoms. The van der Waals surface area contributed by atoms with Gasteiger partial charge in [-0.25, -0.2) is 0 Å². The van der Waals surface area contributed by atoms with E-state index in [1.54, 1.807) is 0 Å². The van der Waals surface area contributed by atoms with Crippen molar-refractivity contribution in [2.24, 2.45) is 0 Å². The van der Waals surface area contributed by atoms with E-state index in [1.165, 1.54) is 4.90 Å². The number of hydrogen-bond donors (Lipinski definition) is 0. The van der Waals surface area contributed by atoms with Gasteiger partial charge in [0.25, 0.3) is 0 Å². The first-order chi connectivity index (χ1) is 7.11. The number of allylic oxidation sites excluding steroid dienone is 3. The van der Waals surface area contributed by atoms with E-state index in [2.05, 4.69) is 49.8 Å². The third kappa shape index (κ3) is 3.80. The van der Waals surface area contributed by atoms with Gasteiger partial charge in [-0.3, -0.25) is 0 Å². The van der Waals surface area contributed by atoms with Crippen LogP contribution in [0, 0.1) is 0 Å². The first-order valence-electron chi connectivity index (χ1n) is 4.84. The fourth-order valence-corrected chi connectivity index (χ4v) is 2.25. The van der Waals surface area contributed by atoms with Crippen LogP contribution in [0.15, 0.2) is 71.0 Å². The lowest BCUT2D eigenvalue weighted by Crippen LogP contribution is -2.00. The molecule has 0 radical (unpaired) electrons. The van der Waals surface area contributed by atoms with Crippen LogP contribution in [-0.4, -0.2) is 6.26 Å². The predicted molar refractivity (Wildman–Crippen MR) is 71.1 cm³/mol. The molecule has 1 aromatic carbocycles. The van der Waals surface area contributed by atoms with E-state index in [4.69, 9.17) is 0 Å². The monoisotopic (exact) mass is 217 g/mol. The normalized spacial score (nSPS) is 12.7. The molecule has 0 saturated heterocycles. The van der Waals surface area contributed by atoms with Gasteiger partial charge in [0.15, 0.2) is 9.80 Å². The van der Waals surface area contributed by atoms with Crippen molar-refractivity contribution >= 4 is 10.9 Å². The highest BCUT2D eigenvalue weighted by molar-refractivity contribution is 8.00. The lowest BCUT2D eigenvalue weighted by molar-refractivity contribution is 1.45. The summed E-state index contributed by atoms with van der Waals surface area (Å²) in [6, 6.07) is 10.4. The molecule has 0 nitrogen and oxygen atoms in total. The smallest absolute Gasteiger partial charge is 0.0961 e. The summed E-state index contributed by atoms with van der Waals surface area (Å²) in [5, 5.41) is 0. The standard InChI is InChI=1S/C14H17S/c1-12(2)10-11-13(3)15(4)14-8-6-5-7-9-14/h5-11H,1,3H2,2,4H3/q+1/b11-10-. The minimum absolute atomic E-state index is 0.0831.